The van der Waals surface area contributed by atoms with Crippen LogP contribution in [0.2, 0.25) is 0 Å². The van der Waals surface area contributed by atoms with E-state index < -0.39 is 0 Å². The Morgan fingerprint density at radius 3 is 2.62 bits per heavy atom. The van der Waals surface area contributed by atoms with Gasteiger partial charge < -0.3 is 10.2 Å². The lowest BCUT2D eigenvalue weighted by Crippen LogP contribution is -2.32. The molecule has 126 valence electrons. The maximum Gasteiger partial charge on any atom is 0.254 e. The summed E-state index contributed by atoms with van der Waals surface area (Å²) in [5, 5.41) is 2.95. The lowest BCUT2D eigenvalue weighted by atomic mass is 10.1. The molecule has 1 aliphatic heterocycles. The van der Waals surface area contributed by atoms with Crippen molar-refractivity contribution in [1.82, 2.24) is 15.3 Å². The number of aromatic nitrogens is 2. The maximum absolute atomic E-state index is 12.3. The Labute approximate surface area is 143 Å². The molecule has 2 heterocycles. The van der Waals surface area contributed by atoms with Crippen LogP contribution in [0.25, 0.3) is 0 Å². The van der Waals surface area contributed by atoms with Gasteiger partial charge in [0.25, 0.3) is 5.91 Å². The van der Waals surface area contributed by atoms with Gasteiger partial charge in [-0.3, -0.25) is 4.79 Å². The highest BCUT2D eigenvalue weighted by Crippen LogP contribution is 2.16. The van der Waals surface area contributed by atoms with Gasteiger partial charge in [-0.2, -0.15) is 0 Å². The van der Waals surface area contributed by atoms with Crippen LogP contribution in [0.5, 0.6) is 0 Å². The SMILES string of the molecule is Cc1nc(N2CCCCC2)ncc1C(=O)NCCc1ccccc1. The first-order valence-corrected chi connectivity index (χ1v) is 8.65. The van der Waals surface area contributed by atoms with E-state index in [4.69, 9.17) is 0 Å². The summed E-state index contributed by atoms with van der Waals surface area (Å²) in [7, 11) is 0. The van der Waals surface area contributed by atoms with Gasteiger partial charge in [0.15, 0.2) is 0 Å². The van der Waals surface area contributed by atoms with Gasteiger partial charge in [0.05, 0.1) is 11.3 Å². The van der Waals surface area contributed by atoms with E-state index in [2.05, 4.69) is 32.3 Å². The minimum atomic E-state index is -0.103. The summed E-state index contributed by atoms with van der Waals surface area (Å²) < 4.78 is 0. The van der Waals surface area contributed by atoms with Crippen molar-refractivity contribution in [2.75, 3.05) is 24.5 Å². The molecule has 0 radical (unpaired) electrons. The maximum atomic E-state index is 12.3. The lowest BCUT2D eigenvalue weighted by Gasteiger charge is -2.26. The Morgan fingerprint density at radius 1 is 1.17 bits per heavy atom. The summed E-state index contributed by atoms with van der Waals surface area (Å²) in [6.07, 6.45) is 6.12. The topological polar surface area (TPSA) is 58.1 Å². The predicted molar refractivity (Wildman–Crippen MR) is 95.3 cm³/mol. The lowest BCUT2D eigenvalue weighted by molar-refractivity contribution is 0.0952. The van der Waals surface area contributed by atoms with Gasteiger partial charge in [-0.25, -0.2) is 9.97 Å². The molecule has 1 aromatic heterocycles. The standard InChI is InChI=1S/C19H24N4O/c1-15-17(14-21-19(22-15)23-12-6-3-7-13-23)18(24)20-11-10-16-8-4-2-5-9-16/h2,4-5,8-9,14H,3,6-7,10-13H2,1H3,(H,20,24). The summed E-state index contributed by atoms with van der Waals surface area (Å²) in [4.78, 5) is 23.5. The van der Waals surface area contributed by atoms with Gasteiger partial charge in [0.1, 0.15) is 0 Å². The quantitative estimate of drug-likeness (QED) is 0.919. The monoisotopic (exact) mass is 324 g/mol. The molecule has 0 saturated carbocycles. The number of benzene rings is 1. The van der Waals surface area contributed by atoms with Gasteiger partial charge in [0, 0.05) is 25.8 Å². The average Bonchev–Trinajstić information content (AvgIpc) is 2.63. The largest absolute Gasteiger partial charge is 0.352 e. The summed E-state index contributed by atoms with van der Waals surface area (Å²) in [6, 6.07) is 10.1. The molecule has 24 heavy (non-hydrogen) atoms. The number of hydrogen-bond acceptors (Lipinski definition) is 4. The molecular weight excluding hydrogens is 300 g/mol. The first-order chi connectivity index (χ1) is 11.7. The number of rotatable bonds is 5. The van der Waals surface area contributed by atoms with Gasteiger partial charge >= 0.3 is 0 Å². The smallest absolute Gasteiger partial charge is 0.254 e. The molecule has 5 heteroatoms. The molecule has 0 bridgehead atoms. The van der Waals surface area contributed by atoms with Crippen molar-refractivity contribution in [2.24, 2.45) is 0 Å². The third-order valence-corrected chi connectivity index (χ3v) is 4.39. The molecule has 1 N–H and O–H groups in total. The second-order valence-electron chi connectivity index (χ2n) is 6.21. The summed E-state index contributed by atoms with van der Waals surface area (Å²) in [5.74, 6) is 0.640. The van der Waals surface area contributed by atoms with Crippen LogP contribution in [0.15, 0.2) is 36.5 Å². The van der Waals surface area contributed by atoms with E-state index in [0.717, 1.165) is 31.2 Å². The van der Waals surface area contributed by atoms with Gasteiger partial charge in [-0.15, -0.1) is 0 Å². The summed E-state index contributed by atoms with van der Waals surface area (Å²) in [6.45, 7) is 4.49. The predicted octanol–water partition coefficient (Wildman–Crippen LogP) is 2.75. The van der Waals surface area contributed by atoms with Crippen LogP contribution < -0.4 is 10.2 Å². The molecule has 0 unspecified atom stereocenters. The zero-order chi connectivity index (χ0) is 16.8. The summed E-state index contributed by atoms with van der Waals surface area (Å²) >= 11 is 0. The highest BCUT2D eigenvalue weighted by atomic mass is 16.1. The number of carbonyl (C=O) groups excluding carboxylic acids is 1. The van der Waals surface area contributed by atoms with Crippen LogP contribution in [0, 0.1) is 6.92 Å². The van der Waals surface area contributed by atoms with Crippen molar-refractivity contribution in [2.45, 2.75) is 32.6 Å². The third kappa shape index (κ3) is 4.10. The van der Waals surface area contributed by atoms with Crippen molar-refractivity contribution < 1.29 is 4.79 Å². The second-order valence-corrected chi connectivity index (χ2v) is 6.21. The number of anilines is 1. The fourth-order valence-electron chi connectivity index (χ4n) is 2.98. The molecule has 0 spiro atoms. The number of carbonyl (C=O) groups is 1. The van der Waals surface area contributed by atoms with Crippen molar-refractivity contribution in [3.8, 4) is 0 Å². The normalized spacial score (nSPS) is 14.5. The molecule has 1 saturated heterocycles. The minimum Gasteiger partial charge on any atom is -0.352 e. The van der Waals surface area contributed by atoms with Crippen LogP contribution in [0.3, 0.4) is 0 Å². The minimum absolute atomic E-state index is 0.103. The number of piperidine rings is 1. The first kappa shape index (κ1) is 16.4. The number of amides is 1. The molecule has 1 amide bonds. The van der Waals surface area contributed by atoms with E-state index in [1.165, 1.54) is 24.8 Å². The number of nitrogens with zero attached hydrogens (tertiary/aromatic N) is 3. The molecule has 1 aliphatic rings. The number of aryl methyl sites for hydroxylation is 1. The molecule has 1 aromatic carbocycles. The van der Waals surface area contributed by atoms with Crippen LogP contribution in [0.1, 0.15) is 40.9 Å². The zero-order valence-corrected chi connectivity index (χ0v) is 14.2. The number of hydrogen-bond donors (Lipinski definition) is 1. The molecule has 5 nitrogen and oxygen atoms in total. The highest BCUT2D eigenvalue weighted by Gasteiger charge is 2.16. The van der Waals surface area contributed by atoms with Gasteiger partial charge in [-0.05, 0) is 38.2 Å². The molecule has 0 aliphatic carbocycles. The average molecular weight is 324 g/mol. The summed E-state index contributed by atoms with van der Waals surface area (Å²) in [5.41, 5.74) is 2.51. The van der Waals surface area contributed by atoms with E-state index >= 15 is 0 Å². The van der Waals surface area contributed by atoms with Crippen LogP contribution in [0.4, 0.5) is 5.95 Å². The Morgan fingerprint density at radius 2 is 1.92 bits per heavy atom. The Bertz CT molecular complexity index is 681. The Hall–Kier alpha value is -2.43. The van der Waals surface area contributed by atoms with E-state index in [9.17, 15) is 4.79 Å². The fourth-order valence-corrected chi connectivity index (χ4v) is 2.98. The third-order valence-electron chi connectivity index (χ3n) is 4.39. The van der Waals surface area contributed by atoms with Crippen molar-refractivity contribution in [3.63, 3.8) is 0 Å². The van der Waals surface area contributed by atoms with Gasteiger partial charge in [0.2, 0.25) is 5.95 Å². The van der Waals surface area contributed by atoms with E-state index in [-0.39, 0.29) is 5.91 Å². The van der Waals surface area contributed by atoms with E-state index in [0.29, 0.717) is 12.1 Å². The van der Waals surface area contributed by atoms with Crippen LogP contribution in [-0.4, -0.2) is 35.5 Å². The fraction of sp³-hybridized carbons (Fsp3) is 0.421. The van der Waals surface area contributed by atoms with Gasteiger partial charge in [-0.1, -0.05) is 30.3 Å². The second kappa shape index (κ2) is 7.90. The zero-order valence-electron chi connectivity index (χ0n) is 14.2. The van der Waals surface area contributed by atoms with Crippen LogP contribution >= 0.6 is 0 Å². The van der Waals surface area contributed by atoms with Crippen molar-refractivity contribution in [3.05, 3.63) is 53.3 Å². The molecule has 0 atom stereocenters. The van der Waals surface area contributed by atoms with Crippen molar-refractivity contribution in [1.29, 1.82) is 0 Å². The number of nitrogens with one attached hydrogen (secondary N) is 1. The van der Waals surface area contributed by atoms with E-state index in [1.54, 1.807) is 6.20 Å². The molecule has 1 fully saturated rings. The van der Waals surface area contributed by atoms with E-state index in [1.807, 2.05) is 25.1 Å². The molecule has 2 aromatic rings. The van der Waals surface area contributed by atoms with Crippen molar-refractivity contribution >= 4 is 11.9 Å². The molecular formula is C19H24N4O. The van der Waals surface area contributed by atoms with Crippen LogP contribution in [-0.2, 0) is 6.42 Å². The Kier molecular flexibility index (Phi) is 5.41. The Balaban J connectivity index is 1.58. The molecule has 3 rings (SSSR count). The highest BCUT2D eigenvalue weighted by molar-refractivity contribution is 5.95. The first-order valence-electron chi connectivity index (χ1n) is 8.65.